The number of carbonyl (C=O) groups excluding carboxylic acids is 1. The molecule has 0 spiro atoms. The fourth-order valence-corrected chi connectivity index (χ4v) is 1.88. The highest BCUT2D eigenvalue weighted by molar-refractivity contribution is 6.00. The topological polar surface area (TPSA) is 69.1 Å². The summed E-state index contributed by atoms with van der Waals surface area (Å²) in [5.74, 6) is -9.42. The molecule has 0 saturated heterocycles. The van der Waals surface area contributed by atoms with Crippen LogP contribution in [0.1, 0.15) is 21.7 Å². The lowest BCUT2D eigenvalue weighted by Gasteiger charge is -2.17. The van der Waals surface area contributed by atoms with E-state index in [4.69, 9.17) is 5.73 Å². The first-order valence-electron chi connectivity index (χ1n) is 6.19. The van der Waals surface area contributed by atoms with E-state index in [9.17, 15) is 39.9 Å². The Kier molecular flexibility index (Phi) is 4.26. The molecule has 0 aliphatic rings. The number of hydrogen-bond acceptors (Lipinski definition) is 3. The Hall–Kier alpha value is -2.66. The highest BCUT2D eigenvalue weighted by Gasteiger charge is 2.63. The van der Waals surface area contributed by atoms with E-state index in [0.717, 1.165) is 12.1 Å². The van der Waals surface area contributed by atoms with Gasteiger partial charge in [-0.1, -0.05) is 17.3 Å². The van der Waals surface area contributed by atoms with Crippen molar-refractivity contribution in [1.29, 1.82) is 0 Å². The van der Waals surface area contributed by atoms with E-state index in [1.54, 1.807) is 0 Å². The van der Waals surface area contributed by atoms with Crippen molar-refractivity contribution in [2.75, 3.05) is 0 Å². The zero-order valence-corrected chi connectivity index (χ0v) is 11.7. The number of carbonyl (C=O) groups is 1. The van der Waals surface area contributed by atoms with Gasteiger partial charge in [0.1, 0.15) is 11.3 Å². The fourth-order valence-electron chi connectivity index (χ4n) is 1.88. The van der Waals surface area contributed by atoms with E-state index in [0.29, 0.717) is 12.1 Å². The molecular formula is C13H6F8N2O2. The van der Waals surface area contributed by atoms with Crippen molar-refractivity contribution in [2.45, 2.75) is 18.3 Å². The minimum Gasteiger partial charge on any atom is -0.365 e. The Balaban J connectivity index is 2.60. The maximum atomic E-state index is 13.4. The molecule has 2 aromatic rings. The summed E-state index contributed by atoms with van der Waals surface area (Å²) in [6, 6.07) is 2.50. The van der Waals surface area contributed by atoms with Crippen LogP contribution < -0.4 is 5.73 Å². The van der Waals surface area contributed by atoms with Crippen LogP contribution in [0.2, 0.25) is 0 Å². The molecule has 136 valence electrons. The molecule has 1 aromatic carbocycles. The Bertz CT molecular complexity index is 790. The van der Waals surface area contributed by atoms with Crippen LogP contribution in [-0.4, -0.2) is 17.2 Å². The lowest BCUT2D eigenvalue weighted by Crippen LogP contribution is -2.35. The van der Waals surface area contributed by atoms with Crippen LogP contribution in [0.5, 0.6) is 0 Å². The van der Waals surface area contributed by atoms with Crippen molar-refractivity contribution < 1.29 is 44.4 Å². The molecule has 2 rings (SSSR count). The molecule has 0 saturated carbocycles. The molecule has 0 fully saturated rings. The van der Waals surface area contributed by atoms with Crippen molar-refractivity contribution in [2.24, 2.45) is 5.73 Å². The van der Waals surface area contributed by atoms with Crippen molar-refractivity contribution >= 4 is 5.91 Å². The number of nitrogens with zero attached hydrogens (tertiary/aromatic N) is 1. The molecule has 0 radical (unpaired) electrons. The number of rotatable bonds is 3. The summed E-state index contributed by atoms with van der Waals surface area (Å²) in [5.41, 5.74) is 1.13. The van der Waals surface area contributed by atoms with Gasteiger partial charge in [-0.2, -0.15) is 35.1 Å². The summed E-state index contributed by atoms with van der Waals surface area (Å²) in [7, 11) is 0. The van der Waals surface area contributed by atoms with Crippen LogP contribution >= 0.6 is 0 Å². The van der Waals surface area contributed by atoms with Crippen LogP contribution in [0.4, 0.5) is 35.1 Å². The number of nitrogens with two attached hydrogens (primary N) is 1. The van der Waals surface area contributed by atoms with Gasteiger partial charge in [0, 0.05) is 5.56 Å². The average molecular weight is 374 g/mol. The summed E-state index contributed by atoms with van der Waals surface area (Å²) >= 11 is 0. The number of alkyl halides is 8. The van der Waals surface area contributed by atoms with E-state index in [1.165, 1.54) is 0 Å². The highest BCUT2D eigenvalue weighted by atomic mass is 19.4. The quantitative estimate of drug-likeness (QED) is 0.822. The average Bonchev–Trinajstić information content (AvgIpc) is 2.90. The number of primary amides is 1. The Morgan fingerprint density at radius 3 is 1.88 bits per heavy atom. The fraction of sp³-hybridized carbons (Fsp3) is 0.231. The number of amides is 1. The van der Waals surface area contributed by atoms with Gasteiger partial charge < -0.3 is 10.3 Å². The zero-order chi connectivity index (χ0) is 19.2. The first-order chi connectivity index (χ1) is 11.3. The predicted molar refractivity (Wildman–Crippen MR) is 65.4 cm³/mol. The molecule has 1 aromatic heterocycles. The van der Waals surface area contributed by atoms with E-state index in [-0.39, 0.29) is 5.56 Å². The predicted octanol–water partition coefficient (Wildman–Crippen LogP) is 4.11. The van der Waals surface area contributed by atoms with Crippen LogP contribution in [0.15, 0.2) is 28.8 Å². The van der Waals surface area contributed by atoms with Gasteiger partial charge >= 0.3 is 18.3 Å². The largest absolute Gasteiger partial charge is 0.461 e. The third-order valence-electron chi connectivity index (χ3n) is 3.07. The number of benzene rings is 1. The zero-order valence-electron chi connectivity index (χ0n) is 11.7. The lowest BCUT2D eigenvalue weighted by atomic mass is 10.0. The second-order valence-corrected chi connectivity index (χ2v) is 4.75. The Morgan fingerprint density at radius 2 is 1.48 bits per heavy atom. The maximum absolute atomic E-state index is 13.4. The molecule has 1 heterocycles. The van der Waals surface area contributed by atoms with E-state index < -0.39 is 46.8 Å². The molecule has 0 atom stereocenters. The monoisotopic (exact) mass is 374 g/mol. The van der Waals surface area contributed by atoms with Crippen molar-refractivity contribution in [1.82, 2.24) is 5.16 Å². The van der Waals surface area contributed by atoms with Crippen molar-refractivity contribution in [3.05, 3.63) is 41.2 Å². The Labute approximate surface area is 133 Å². The van der Waals surface area contributed by atoms with Gasteiger partial charge in [-0.25, -0.2) is 0 Å². The SMILES string of the molecule is NC(=O)c1c(-c2ccc(C(F)(F)F)cc2)noc1C(F)(F)C(F)(F)F. The molecule has 2 N–H and O–H groups in total. The number of aromatic nitrogens is 1. The van der Waals surface area contributed by atoms with Gasteiger partial charge in [-0.3, -0.25) is 4.79 Å². The molecule has 12 heteroatoms. The summed E-state index contributed by atoms with van der Waals surface area (Å²) in [6.07, 6.45) is -10.8. The van der Waals surface area contributed by atoms with Gasteiger partial charge in [-0.05, 0) is 12.1 Å². The van der Waals surface area contributed by atoms with E-state index in [1.807, 2.05) is 0 Å². The molecule has 4 nitrogen and oxygen atoms in total. The van der Waals surface area contributed by atoms with Crippen LogP contribution in [0.25, 0.3) is 11.3 Å². The second kappa shape index (κ2) is 5.70. The maximum Gasteiger partial charge on any atom is 0.461 e. The molecule has 0 aliphatic heterocycles. The van der Waals surface area contributed by atoms with Gasteiger partial charge in [-0.15, -0.1) is 0 Å². The van der Waals surface area contributed by atoms with Gasteiger partial charge in [0.15, 0.2) is 0 Å². The number of halogens is 8. The summed E-state index contributed by atoms with van der Waals surface area (Å²) in [4.78, 5) is 11.3. The smallest absolute Gasteiger partial charge is 0.365 e. The molecule has 0 aliphatic carbocycles. The third kappa shape index (κ3) is 3.28. The lowest BCUT2D eigenvalue weighted by molar-refractivity contribution is -0.296. The molecule has 25 heavy (non-hydrogen) atoms. The first-order valence-corrected chi connectivity index (χ1v) is 6.19. The summed E-state index contributed by atoms with van der Waals surface area (Å²) in [6.45, 7) is 0. The number of hydrogen-bond donors (Lipinski definition) is 1. The van der Waals surface area contributed by atoms with E-state index in [2.05, 4.69) is 9.68 Å². The molecular weight excluding hydrogens is 368 g/mol. The van der Waals surface area contributed by atoms with Crippen LogP contribution in [0, 0.1) is 0 Å². The van der Waals surface area contributed by atoms with Crippen molar-refractivity contribution in [3.63, 3.8) is 0 Å². The minimum atomic E-state index is -6.10. The van der Waals surface area contributed by atoms with Crippen LogP contribution in [-0.2, 0) is 12.1 Å². The van der Waals surface area contributed by atoms with Gasteiger partial charge in [0.2, 0.25) is 5.76 Å². The normalized spacial score (nSPS) is 13.1. The van der Waals surface area contributed by atoms with Crippen molar-refractivity contribution in [3.8, 4) is 11.3 Å². The molecule has 1 amide bonds. The van der Waals surface area contributed by atoms with Gasteiger partial charge in [0.05, 0.1) is 5.56 Å². The third-order valence-corrected chi connectivity index (χ3v) is 3.07. The minimum absolute atomic E-state index is 0.366. The Morgan fingerprint density at radius 1 is 0.960 bits per heavy atom. The second-order valence-electron chi connectivity index (χ2n) is 4.75. The molecule has 0 unspecified atom stereocenters. The van der Waals surface area contributed by atoms with Gasteiger partial charge in [0.25, 0.3) is 5.91 Å². The first kappa shape index (κ1) is 18.7. The van der Waals surface area contributed by atoms with Crippen LogP contribution in [0.3, 0.4) is 0 Å². The standard InChI is InChI=1S/C13H6F8N2O2/c14-11(15,13(19,20)21)9-7(10(22)24)8(23-25-9)5-1-3-6(4-2-5)12(16,17)18/h1-4H,(H2,22,24). The highest BCUT2D eigenvalue weighted by Crippen LogP contribution is 2.46. The molecule has 0 bridgehead atoms. The summed E-state index contributed by atoms with van der Waals surface area (Å²) < 4.78 is 106. The van der Waals surface area contributed by atoms with E-state index >= 15 is 0 Å². The summed E-state index contributed by atoms with van der Waals surface area (Å²) in [5, 5.41) is 2.94.